The van der Waals surface area contributed by atoms with Gasteiger partial charge >= 0.3 is 11.9 Å². The van der Waals surface area contributed by atoms with Crippen molar-refractivity contribution in [3.63, 3.8) is 0 Å². The summed E-state index contributed by atoms with van der Waals surface area (Å²) in [7, 11) is 3.76. The summed E-state index contributed by atoms with van der Waals surface area (Å²) in [6.07, 6.45) is 6.89. The topological polar surface area (TPSA) is 65.5 Å². The zero-order valence-corrected chi connectivity index (χ0v) is 18.5. The van der Waals surface area contributed by atoms with E-state index < -0.39 is 5.97 Å². The second-order valence-electron chi connectivity index (χ2n) is 7.41. The van der Waals surface area contributed by atoms with Gasteiger partial charge in [-0.15, -0.1) is 0 Å². The molecule has 6 nitrogen and oxygen atoms in total. The number of carbonyl (C=O) groups excluding carboxylic acids is 2. The number of halogens is 2. The molecule has 1 heterocycles. The number of hydrogen-bond donors (Lipinski definition) is 0. The van der Waals surface area contributed by atoms with Crippen molar-refractivity contribution in [2.45, 2.75) is 45.4 Å². The number of pyridine rings is 1. The molecule has 0 radical (unpaired) electrons. The highest BCUT2D eigenvalue weighted by molar-refractivity contribution is 6.34. The lowest BCUT2D eigenvalue weighted by atomic mass is 10.1. The minimum Gasteiger partial charge on any atom is -0.462 e. The number of quaternary nitrogens is 1. The number of esters is 2. The molecule has 0 amide bonds. The first kappa shape index (κ1) is 24.7. The molecule has 0 atom stereocenters. The quantitative estimate of drug-likeness (QED) is 0.198. The fourth-order valence-corrected chi connectivity index (χ4v) is 2.89. The fraction of sp³-hybridized carbons (Fsp3) is 0.650. The van der Waals surface area contributed by atoms with E-state index in [9.17, 15) is 9.59 Å². The molecule has 28 heavy (non-hydrogen) atoms. The maximum atomic E-state index is 12.1. The maximum absolute atomic E-state index is 12.1. The minimum absolute atomic E-state index is 0.0159. The summed E-state index contributed by atoms with van der Waals surface area (Å²) >= 11 is 11.7. The van der Waals surface area contributed by atoms with Gasteiger partial charge in [-0.3, -0.25) is 0 Å². The van der Waals surface area contributed by atoms with Crippen molar-refractivity contribution in [3.8, 4) is 0 Å². The Kier molecular flexibility index (Phi) is 11.4. The van der Waals surface area contributed by atoms with Gasteiger partial charge in [0.1, 0.15) is 18.3 Å². The van der Waals surface area contributed by atoms with Crippen molar-refractivity contribution in [3.05, 3.63) is 28.0 Å². The first-order valence-corrected chi connectivity index (χ1v) is 10.5. The molecule has 1 aromatic rings. The third-order valence-corrected chi connectivity index (χ3v) is 4.77. The molecule has 0 aliphatic heterocycles. The van der Waals surface area contributed by atoms with E-state index in [2.05, 4.69) is 11.9 Å². The molecule has 0 N–H and O–H groups in total. The van der Waals surface area contributed by atoms with E-state index in [0.29, 0.717) is 17.6 Å². The average Bonchev–Trinajstić information content (AvgIpc) is 2.62. The number of hydrogen-bond acceptors (Lipinski definition) is 5. The SMILES string of the molecule is CCCCCCCCOC(=O)C[N+](C)(C)CCOC(=O)c1nc(Cl)ccc1Cl. The van der Waals surface area contributed by atoms with Crippen LogP contribution in [0.15, 0.2) is 12.1 Å². The normalized spacial score (nSPS) is 11.3. The molecule has 0 bridgehead atoms. The van der Waals surface area contributed by atoms with E-state index in [0.717, 1.165) is 12.8 Å². The van der Waals surface area contributed by atoms with Crippen molar-refractivity contribution in [2.24, 2.45) is 0 Å². The predicted octanol–water partition coefficient (Wildman–Crippen LogP) is 4.53. The van der Waals surface area contributed by atoms with Crippen molar-refractivity contribution in [2.75, 3.05) is 40.4 Å². The van der Waals surface area contributed by atoms with Crippen molar-refractivity contribution in [1.82, 2.24) is 4.98 Å². The fourth-order valence-electron chi connectivity index (χ4n) is 2.56. The predicted molar refractivity (Wildman–Crippen MR) is 111 cm³/mol. The zero-order chi connectivity index (χ0) is 21.0. The van der Waals surface area contributed by atoms with Crippen LogP contribution in [0, 0.1) is 0 Å². The summed E-state index contributed by atoms with van der Waals surface area (Å²) in [6.45, 7) is 3.44. The number of rotatable bonds is 13. The van der Waals surface area contributed by atoms with Crippen LogP contribution in [0.25, 0.3) is 0 Å². The lowest BCUT2D eigenvalue weighted by molar-refractivity contribution is -0.883. The summed E-state index contributed by atoms with van der Waals surface area (Å²) in [5.41, 5.74) is -0.0159. The largest absolute Gasteiger partial charge is 0.462 e. The number of nitrogens with zero attached hydrogens (tertiary/aromatic N) is 2. The Hall–Kier alpha value is -1.37. The monoisotopic (exact) mass is 433 g/mol. The van der Waals surface area contributed by atoms with E-state index in [4.69, 9.17) is 32.7 Å². The molecule has 0 aliphatic carbocycles. The Morgan fingerprint density at radius 3 is 2.39 bits per heavy atom. The number of carbonyl (C=O) groups is 2. The molecule has 158 valence electrons. The van der Waals surface area contributed by atoms with Gasteiger partial charge in [-0.05, 0) is 18.6 Å². The molecule has 1 aromatic heterocycles. The lowest BCUT2D eigenvalue weighted by Crippen LogP contribution is -2.46. The second kappa shape index (κ2) is 13.0. The van der Waals surface area contributed by atoms with Crippen LogP contribution < -0.4 is 0 Å². The molecule has 0 unspecified atom stereocenters. The van der Waals surface area contributed by atoms with Gasteiger partial charge in [0, 0.05) is 0 Å². The Balaban J connectivity index is 2.26. The van der Waals surface area contributed by atoms with E-state index in [1.54, 1.807) is 0 Å². The van der Waals surface area contributed by atoms with Crippen molar-refractivity contribution in [1.29, 1.82) is 0 Å². The third kappa shape index (κ3) is 10.2. The summed E-state index contributed by atoms with van der Waals surface area (Å²) in [6, 6.07) is 2.99. The van der Waals surface area contributed by atoms with Crippen LogP contribution in [-0.2, 0) is 14.3 Å². The van der Waals surface area contributed by atoms with Crippen molar-refractivity contribution >= 4 is 35.1 Å². The first-order chi connectivity index (χ1) is 13.2. The molecule has 1 rings (SSSR count). The molecular formula is C20H31Cl2N2O4+. The van der Waals surface area contributed by atoms with Crippen LogP contribution >= 0.6 is 23.2 Å². The molecule has 0 saturated heterocycles. The maximum Gasteiger partial charge on any atom is 0.361 e. The Labute approximate surface area is 177 Å². The summed E-state index contributed by atoms with van der Waals surface area (Å²) < 4.78 is 10.9. The van der Waals surface area contributed by atoms with Gasteiger partial charge in [0.05, 0.1) is 25.7 Å². The summed E-state index contributed by atoms with van der Waals surface area (Å²) in [4.78, 5) is 28.0. The summed E-state index contributed by atoms with van der Waals surface area (Å²) in [5, 5.41) is 0.349. The highest BCUT2D eigenvalue weighted by Gasteiger charge is 2.22. The van der Waals surface area contributed by atoms with E-state index >= 15 is 0 Å². The van der Waals surface area contributed by atoms with Crippen LogP contribution in [0.5, 0.6) is 0 Å². The second-order valence-corrected chi connectivity index (χ2v) is 8.20. The molecule has 0 aromatic carbocycles. The van der Waals surface area contributed by atoms with Gasteiger partial charge in [-0.25, -0.2) is 14.6 Å². The van der Waals surface area contributed by atoms with Gasteiger partial charge in [0.15, 0.2) is 12.2 Å². The van der Waals surface area contributed by atoms with Crippen LogP contribution in [0.4, 0.5) is 0 Å². The van der Waals surface area contributed by atoms with E-state index in [1.165, 1.54) is 37.8 Å². The molecule has 0 fully saturated rings. The van der Waals surface area contributed by atoms with Gasteiger partial charge in [0.25, 0.3) is 0 Å². The van der Waals surface area contributed by atoms with E-state index in [-0.39, 0.29) is 35.0 Å². The smallest absolute Gasteiger partial charge is 0.361 e. The number of likely N-dealkylation sites (N-methyl/N-ethyl adjacent to an activating group) is 1. The third-order valence-electron chi connectivity index (χ3n) is 4.25. The minimum atomic E-state index is -0.641. The Morgan fingerprint density at radius 1 is 1.00 bits per heavy atom. The first-order valence-electron chi connectivity index (χ1n) is 9.72. The van der Waals surface area contributed by atoms with E-state index in [1.807, 2.05) is 14.1 Å². The summed E-state index contributed by atoms with van der Waals surface area (Å²) in [5.74, 6) is -0.886. The Bertz CT molecular complexity index is 639. The lowest BCUT2D eigenvalue weighted by Gasteiger charge is -2.28. The van der Waals surface area contributed by atoms with Gasteiger partial charge < -0.3 is 14.0 Å². The standard InChI is InChI=1S/C20H31Cl2N2O4/c1-4-5-6-7-8-9-13-27-18(25)15-24(2,3)12-14-28-20(26)19-16(21)10-11-17(22)23-19/h10-11H,4-9,12-15H2,1-3H3/q+1. The van der Waals surface area contributed by atoms with Crippen LogP contribution in [0.3, 0.4) is 0 Å². The van der Waals surface area contributed by atoms with Crippen LogP contribution in [-0.4, -0.2) is 61.8 Å². The molecular weight excluding hydrogens is 403 g/mol. The Morgan fingerprint density at radius 2 is 1.68 bits per heavy atom. The van der Waals surface area contributed by atoms with Gasteiger partial charge in [0.2, 0.25) is 0 Å². The van der Waals surface area contributed by atoms with Crippen LogP contribution in [0.2, 0.25) is 10.2 Å². The van der Waals surface area contributed by atoms with Crippen LogP contribution in [0.1, 0.15) is 55.9 Å². The van der Waals surface area contributed by atoms with Gasteiger partial charge in [-0.2, -0.15) is 0 Å². The number of aromatic nitrogens is 1. The highest BCUT2D eigenvalue weighted by Crippen LogP contribution is 2.17. The number of ether oxygens (including phenoxy) is 2. The zero-order valence-electron chi connectivity index (χ0n) is 17.0. The molecule has 0 saturated carbocycles. The molecule has 0 spiro atoms. The average molecular weight is 434 g/mol. The number of unbranched alkanes of at least 4 members (excludes halogenated alkanes) is 5. The van der Waals surface area contributed by atoms with Gasteiger partial charge in [-0.1, -0.05) is 62.2 Å². The highest BCUT2D eigenvalue weighted by atomic mass is 35.5. The molecule has 8 heteroatoms. The molecule has 0 aliphatic rings. The van der Waals surface area contributed by atoms with Crippen molar-refractivity contribution < 1.29 is 23.5 Å².